The summed E-state index contributed by atoms with van der Waals surface area (Å²) < 4.78 is 23.5. The average molecular weight is 432 g/mol. The van der Waals surface area contributed by atoms with Crippen LogP contribution in [-0.4, -0.2) is 24.2 Å². The van der Waals surface area contributed by atoms with Crippen molar-refractivity contribution in [1.29, 1.82) is 0 Å². The molecule has 7 heteroatoms. The predicted octanol–water partition coefficient (Wildman–Crippen LogP) is 5.80. The second kappa shape index (κ2) is 9.89. The van der Waals surface area contributed by atoms with E-state index in [1.54, 1.807) is 42.2 Å². The molecule has 0 spiro atoms. The lowest BCUT2D eigenvalue weighted by Crippen LogP contribution is -2.14. The van der Waals surface area contributed by atoms with Crippen LogP contribution in [0.1, 0.15) is 23.1 Å². The molecule has 0 saturated heterocycles. The lowest BCUT2D eigenvalue weighted by atomic mass is 10.2. The first-order valence-corrected chi connectivity index (χ1v) is 11.0. The molecular weight excluding hydrogens is 409 g/mol. The molecule has 152 valence electrons. The predicted molar refractivity (Wildman–Crippen MR) is 115 cm³/mol. The summed E-state index contributed by atoms with van der Waals surface area (Å²) in [5, 5.41) is 0.900. The molecule has 0 aliphatic carbocycles. The smallest absolute Gasteiger partial charge is 0.344 e. The van der Waals surface area contributed by atoms with Crippen molar-refractivity contribution in [2.75, 3.05) is 13.2 Å². The van der Waals surface area contributed by atoms with Crippen LogP contribution >= 0.6 is 23.1 Å². The molecule has 3 aromatic rings. The van der Waals surface area contributed by atoms with Crippen LogP contribution in [0.4, 0.5) is 4.39 Å². The normalized spacial score (nSPS) is 10.8. The fourth-order valence-electron chi connectivity index (χ4n) is 2.64. The first-order chi connectivity index (χ1) is 14.0. The van der Waals surface area contributed by atoms with E-state index in [0.717, 1.165) is 32.5 Å². The summed E-state index contributed by atoms with van der Waals surface area (Å²) >= 11 is 3.35. The van der Waals surface area contributed by atoms with Gasteiger partial charge in [-0.15, -0.1) is 23.1 Å². The number of benzene rings is 2. The van der Waals surface area contributed by atoms with E-state index in [4.69, 9.17) is 9.47 Å². The van der Waals surface area contributed by atoms with Gasteiger partial charge in [0.05, 0.1) is 12.3 Å². The number of ether oxygens (including phenoxy) is 2. The Balaban J connectivity index is 1.62. The van der Waals surface area contributed by atoms with E-state index in [-0.39, 0.29) is 18.4 Å². The third kappa shape index (κ3) is 5.81. The van der Waals surface area contributed by atoms with Gasteiger partial charge >= 0.3 is 5.97 Å². The van der Waals surface area contributed by atoms with Crippen molar-refractivity contribution in [3.05, 3.63) is 64.4 Å². The Hall–Kier alpha value is -2.38. The van der Waals surface area contributed by atoms with E-state index in [1.165, 1.54) is 17.0 Å². The molecule has 4 nitrogen and oxygen atoms in total. The maximum absolute atomic E-state index is 13.1. The Labute approximate surface area is 178 Å². The van der Waals surface area contributed by atoms with E-state index < -0.39 is 0 Å². The number of esters is 1. The van der Waals surface area contributed by atoms with Crippen molar-refractivity contribution >= 4 is 29.1 Å². The maximum atomic E-state index is 13.1. The number of hydrogen-bond acceptors (Lipinski definition) is 6. The van der Waals surface area contributed by atoms with Gasteiger partial charge in [0.25, 0.3) is 0 Å². The summed E-state index contributed by atoms with van der Waals surface area (Å²) in [7, 11) is 0. The summed E-state index contributed by atoms with van der Waals surface area (Å²) in [5.74, 6) is 0.855. The number of thioether (sulfide) groups is 1. The van der Waals surface area contributed by atoms with Crippen LogP contribution < -0.4 is 4.74 Å². The largest absolute Gasteiger partial charge is 0.482 e. The molecule has 0 atom stereocenters. The fourth-order valence-corrected chi connectivity index (χ4v) is 4.85. The van der Waals surface area contributed by atoms with Crippen molar-refractivity contribution in [3.63, 3.8) is 0 Å². The van der Waals surface area contributed by atoms with Crippen molar-refractivity contribution < 1.29 is 18.7 Å². The summed E-state index contributed by atoms with van der Waals surface area (Å²) in [6.45, 7) is 5.97. The molecule has 0 aliphatic heterocycles. The Morgan fingerprint density at radius 2 is 1.93 bits per heavy atom. The van der Waals surface area contributed by atoms with Crippen LogP contribution in [0.5, 0.6) is 5.75 Å². The molecule has 3 rings (SSSR count). The van der Waals surface area contributed by atoms with Gasteiger partial charge in [-0.25, -0.2) is 14.2 Å². The van der Waals surface area contributed by atoms with Crippen LogP contribution in [0.3, 0.4) is 0 Å². The number of hydrogen-bond donors (Lipinski definition) is 0. The Bertz CT molecular complexity index is 986. The van der Waals surface area contributed by atoms with Crippen LogP contribution in [0.2, 0.25) is 0 Å². The summed E-state index contributed by atoms with van der Waals surface area (Å²) in [6, 6.07) is 12.3. The van der Waals surface area contributed by atoms with E-state index in [1.807, 2.05) is 32.0 Å². The third-order valence-corrected chi connectivity index (χ3v) is 6.56. The standard InChI is InChI=1S/C22H22FNO3S2/c1-4-26-21(25)12-27-19-10-9-18(11-14(19)2)28-13-20-15(3)24-22(29-20)16-5-7-17(23)8-6-16/h5-11H,4,12-13H2,1-3H3. The highest BCUT2D eigenvalue weighted by Gasteiger charge is 2.11. The lowest BCUT2D eigenvalue weighted by molar-refractivity contribution is -0.145. The number of halogens is 1. The number of aryl methyl sites for hydroxylation is 2. The summed E-state index contributed by atoms with van der Waals surface area (Å²) in [5.41, 5.74) is 2.88. The van der Waals surface area contributed by atoms with E-state index >= 15 is 0 Å². The van der Waals surface area contributed by atoms with E-state index in [9.17, 15) is 9.18 Å². The van der Waals surface area contributed by atoms with E-state index in [0.29, 0.717) is 12.4 Å². The monoisotopic (exact) mass is 431 g/mol. The number of carbonyl (C=O) groups is 1. The second-order valence-electron chi connectivity index (χ2n) is 6.34. The molecule has 0 radical (unpaired) electrons. The molecule has 0 aliphatic rings. The van der Waals surface area contributed by atoms with Crippen LogP contribution in [0.25, 0.3) is 10.6 Å². The van der Waals surface area contributed by atoms with Crippen molar-refractivity contribution in [3.8, 4) is 16.3 Å². The number of carbonyl (C=O) groups excluding carboxylic acids is 1. The van der Waals surface area contributed by atoms with Gasteiger partial charge in [-0.3, -0.25) is 0 Å². The van der Waals surface area contributed by atoms with Gasteiger partial charge in [-0.05, 0) is 68.8 Å². The molecule has 2 aromatic carbocycles. The van der Waals surface area contributed by atoms with Crippen LogP contribution in [0.15, 0.2) is 47.4 Å². The molecule has 1 aromatic heterocycles. The average Bonchev–Trinajstić information content (AvgIpc) is 3.07. The van der Waals surface area contributed by atoms with Crippen molar-refractivity contribution in [2.45, 2.75) is 31.4 Å². The van der Waals surface area contributed by atoms with Crippen molar-refractivity contribution in [2.24, 2.45) is 0 Å². The van der Waals surface area contributed by atoms with Crippen molar-refractivity contribution in [1.82, 2.24) is 4.98 Å². The lowest BCUT2D eigenvalue weighted by Gasteiger charge is -2.10. The number of thiazole rings is 1. The van der Waals surface area contributed by atoms with Gasteiger partial charge in [0.15, 0.2) is 6.61 Å². The van der Waals surface area contributed by atoms with Crippen LogP contribution in [-0.2, 0) is 15.3 Å². The molecule has 0 unspecified atom stereocenters. The zero-order valence-corrected chi connectivity index (χ0v) is 18.2. The highest BCUT2D eigenvalue weighted by Crippen LogP contribution is 2.34. The first kappa shape index (κ1) is 21.3. The highest BCUT2D eigenvalue weighted by atomic mass is 32.2. The molecular formula is C22H22FNO3S2. The maximum Gasteiger partial charge on any atom is 0.344 e. The number of rotatable bonds is 8. The highest BCUT2D eigenvalue weighted by molar-refractivity contribution is 7.98. The zero-order chi connectivity index (χ0) is 20.8. The molecule has 0 N–H and O–H groups in total. The quantitative estimate of drug-likeness (QED) is 0.333. The number of nitrogens with zero attached hydrogens (tertiary/aromatic N) is 1. The second-order valence-corrected chi connectivity index (χ2v) is 8.48. The Morgan fingerprint density at radius 3 is 2.62 bits per heavy atom. The van der Waals surface area contributed by atoms with Crippen LogP contribution in [0, 0.1) is 19.7 Å². The minimum atomic E-state index is -0.372. The van der Waals surface area contributed by atoms with Gasteiger partial charge in [-0.1, -0.05) is 0 Å². The fraction of sp³-hybridized carbons (Fsp3) is 0.273. The molecule has 0 bridgehead atoms. The minimum Gasteiger partial charge on any atom is -0.482 e. The Morgan fingerprint density at radius 1 is 1.17 bits per heavy atom. The van der Waals surface area contributed by atoms with Gasteiger partial charge < -0.3 is 9.47 Å². The summed E-state index contributed by atoms with van der Waals surface area (Å²) in [6.07, 6.45) is 0. The van der Waals surface area contributed by atoms with Gasteiger partial charge in [-0.2, -0.15) is 0 Å². The van der Waals surface area contributed by atoms with E-state index in [2.05, 4.69) is 4.98 Å². The zero-order valence-electron chi connectivity index (χ0n) is 16.5. The van der Waals surface area contributed by atoms with Gasteiger partial charge in [0.1, 0.15) is 16.6 Å². The molecule has 1 heterocycles. The molecule has 29 heavy (non-hydrogen) atoms. The Kier molecular flexibility index (Phi) is 7.28. The molecule has 0 amide bonds. The topological polar surface area (TPSA) is 48.4 Å². The molecule has 0 saturated carbocycles. The first-order valence-electron chi connectivity index (χ1n) is 9.20. The SMILES string of the molecule is CCOC(=O)COc1ccc(SCc2sc(-c3ccc(F)cc3)nc2C)cc1C. The van der Waals surface area contributed by atoms with Gasteiger partial charge in [0.2, 0.25) is 0 Å². The minimum absolute atomic E-state index is 0.0899. The summed E-state index contributed by atoms with van der Waals surface area (Å²) in [4.78, 5) is 18.4. The number of aromatic nitrogens is 1. The third-order valence-electron chi connectivity index (χ3n) is 4.15. The van der Waals surface area contributed by atoms with Gasteiger partial charge in [0, 0.05) is 21.1 Å². The molecule has 0 fully saturated rings.